The minimum Gasteiger partial charge on any atom is -0.343 e. The van der Waals surface area contributed by atoms with Crippen LogP contribution in [0.1, 0.15) is 33.6 Å². The van der Waals surface area contributed by atoms with Gasteiger partial charge in [0.2, 0.25) is 5.91 Å². The van der Waals surface area contributed by atoms with Crippen LogP contribution in [-0.2, 0) is 4.79 Å². The normalized spacial score (nSPS) is 19.0. The van der Waals surface area contributed by atoms with Crippen molar-refractivity contribution in [3.05, 3.63) is 0 Å². The highest BCUT2D eigenvalue weighted by atomic mass is 32.2. The second-order valence-electron chi connectivity index (χ2n) is 4.33. The van der Waals surface area contributed by atoms with Crippen LogP contribution in [-0.4, -0.2) is 34.9 Å². The van der Waals surface area contributed by atoms with Crippen LogP contribution in [0.25, 0.3) is 0 Å². The first-order chi connectivity index (χ1) is 6.59. The number of piperidine rings is 1. The van der Waals surface area contributed by atoms with Crippen molar-refractivity contribution in [1.82, 2.24) is 4.90 Å². The molecule has 1 rings (SSSR count). The number of hydrogen-bond donors (Lipinski definition) is 0. The van der Waals surface area contributed by atoms with Gasteiger partial charge in [0.1, 0.15) is 0 Å². The van der Waals surface area contributed by atoms with Crippen molar-refractivity contribution in [3.8, 4) is 0 Å². The van der Waals surface area contributed by atoms with E-state index in [2.05, 4.69) is 13.8 Å². The molecule has 1 fully saturated rings. The standard InChI is InChI=1S/C11H21NOS/c1-9(2)14-8-11-4-6-12(7-5-11)10(3)13/h9,11H,4-8H2,1-3H3. The van der Waals surface area contributed by atoms with Crippen LogP contribution in [0.15, 0.2) is 0 Å². The van der Waals surface area contributed by atoms with Crippen molar-refractivity contribution >= 4 is 17.7 Å². The third kappa shape index (κ3) is 3.91. The predicted octanol–water partition coefficient (Wildman–Crippen LogP) is 2.39. The molecule has 82 valence electrons. The van der Waals surface area contributed by atoms with Gasteiger partial charge in [-0.1, -0.05) is 13.8 Å². The van der Waals surface area contributed by atoms with E-state index >= 15 is 0 Å². The average molecular weight is 215 g/mol. The van der Waals surface area contributed by atoms with E-state index in [1.807, 2.05) is 16.7 Å². The number of nitrogens with zero attached hydrogens (tertiary/aromatic N) is 1. The number of amides is 1. The Hall–Kier alpha value is -0.180. The lowest BCUT2D eigenvalue weighted by atomic mass is 9.99. The van der Waals surface area contributed by atoms with Crippen molar-refractivity contribution < 1.29 is 4.79 Å². The lowest BCUT2D eigenvalue weighted by Crippen LogP contribution is -2.37. The van der Waals surface area contributed by atoms with Gasteiger partial charge in [0.25, 0.3) is 0 Å². The molecule has 1 saturated heterocycles. The Labute approximate surface area is 91.4 Å². The van der Waals surface area contributed by atoms with Gasteiger partial charge < -0.3 is 4.90 Å². The number of hydrogen-bond acceptors (Lipinski definition) is 2. The first kappa shape index (κ1) is 11.9. The van der Waals surface area contributed by atoms with Gasteiger partial charge in [0.15, 0.2) is 0 Å². The van der Waals surface area contributed by atoms with Crippen LogP contribution in [0.2, 0.25) is 0 Å². The monoisotopic (exact) mass is 215 g/mol. The topological polar surface area (TPSA) is 20.3 Å². The van der Waals surface area contributed by atoms with Crippen LogP contribution in [0, 0.1) is 5.92 Å². The van der Waals surface area contributed by atoms with Crippen LogP contribution < -0.4 is 0 Å². The largest absolute Gasteiger partial charge is 0.343 e. The van der Waals surface area contributed by atoms with E-state index in [4.69, 9.17) is 0 Å². The highest BCUT2D eigenvalue weighted by Gasteiger charge is 2.20. The first-order valence-electron chi connectivity index (χ1n) is 5.46. The molecule has 1 amide bonds. The SMILES string of the molecule is CC(=O)N1CCC(CSC(C)C)CC1. The van der Waals surface area contributed by atoms with Gasteiger partial charge in [0.05, 0.1) is 0 Å². The molecule has 0 bridgehead atoms. The quantitative estimate of drug-likeness (QED) is 0.720. The van der Waals surface area contributed by atoms with E-state index in [-0.39, 0.29) is 5.91 Å². The van der Waals surface area contributed by atoms with E-state index < -0.39 is 0 Å². The van der Waals surface area contributed by atoms with Gasteiger partial charge in [-0.15, -0.1) is 0 Å². The molecule has 0 atom stereocenters. The minimum absolute atomic E-state index is 0.236. The van der Waals surface area contributed by atoms with E-state index in [1.165, 1.54) is 18.6 Å². The highest BCUT2D eigenvalue weighted by Crippen LogP contribution is 2.23. The fourth-order valence-electron chi connectivity index (χ4n) is 1.74. The summed E-state index contributed by atoms with van der Waals surface area (Å²) in [4.78, 5) is 13.1. The van der Waals surface area contributed by atoms with Crippen molar-refractivity contribution in [2.75, 3.05) is 18.8 Å². The molecule has 0 N–H and O–H groups in total. The second-order valence-corrected chi connectivity index (χ2v) is 5.94. The maximum atomic E-state index is 11.1. The summed E-state index contributed by atoms with van der Waals surface area (Å²) in [6, 6.07) is 0. The number of likely N-dealkylation sites (tertiary alicyclic amines) is 1. The van der Waals surface area contributed by atoms with Crippen molar-refractivity contribution in [2.45, 2.75) is 38.9 Å². The summed E-state index contributed by atoms with van der Waals surface area (Å²) in [5, 5.41) is 0.737. The summed E-state index contributed by atoms with van der Waals surface area (Å²) in [5.74, 6) is 2.33. The Morgan fingerprint density at radius 1 is 1.43 bits per heavy atom. The third-order valence-electron chi connectivity index (χ3n) is 2.73. The Morgan fingerprint density at radius 2 is 2.00 bits per heavy atom. The molecule has 1 aliphatic heterocycles. The Morgan fingerprint density at radius 3 is 2.43 bits per heavy atom. The van der Waals surface area contributed by atoms with Gasteiger partial charge in [-0.05, 0) is 29.8 Å². The molecule has 14 heavy (non-hydrogen) atoms. The molecule has 1 aliphatic rings. The van der Waals surface area contributed by atoms with Gasteiger partial charge in [-0.2, -0.15) is 11.8 Å². The molecule has 0 unspecified atom stereocenters. The van der Waals surface area contributed by atoms with Gasteiger partial charge in [-0.3, -0.25) is 4.79 Å². The predicted molar refractivity (Wildman–Crippen MR) is 62.6 cm³/mol. The van der Waals surface area contributed by atoms with Crippen LogP contribution >= 0.6 is 11.8 Å². The van der Waals surface area contributed by atoms with E-state index in [1.54, 1.807) is 6.92 Å². The molecular weight excluding hydrogens is 194 g/mol. The fraction of sp³-hybridized carbons (Fsp3) is 0.909. The van der Waals surface area contributed by atoms with E-state index in [9.17, 15) is 4.79 Å². The molecule has 1 heterocycles. The van der Waals surface area contributed by atoms with E-state index in [0.717, 1.165) is 24.3 Å². The zero-order chi connectivity index (χ0) is 10.6. The smallest absolute Gasteiger partial charge is 0.219 e. The maximum Gasteiger partial charge on any atom is 0.219 e. The number of carbonyl (C=O) groups is 1. The van der Waals surface area contributed by atoms with Crippen molar-refractivity contribution in [1.29, 1.82) is 0 Å². The lowest BCUT2D eigenvalue weighted by Gasteiger charge is -2.31. The van der Waals surface area contributed by atoms with Crippen molar-refractivity contribution in [2.24, 2.45) is 5.92 Å². The molecule has 0 radical (unpaired) electrons. The zero-order valence-corrected chi connectivity index (χ0v) is 10.3. The fourth-order valence-corrected chi connectivity index (χ4v) is 2.73. The molecule has 0 aromatic heterocycles. The lowest BCUT2D eigenvalue weighted by molar-refractivity contribution is -0.130. The van der Waals surface area contributed by atoms with Crippen LogP contribution in [0.3, 0.4) is 0 Å². The Balaban J connectivity index is 2.19. The van der Waals surface area contributed by atoms with Crippen LogP contribution in [0.4, 0.5) is 0 Å². The highest BCUT2D eigenvalue weighted by molar-refractivity contribution is 7.99. The molecule has 3 heteroatoms. The average Bonchev–Trinajstić information content (AvgIpc) is 2.15. The first-order valence-corrected chi connectivity index (χ1v) is 6.51. The van der Waals surface area contributed by atoms with Gasteiger partial charge in [-0.25, -0.2) is 0 Å². The number of rotatable bonds is 3. The van der Waals surface area contributed by atoms with Crippen molar-refractivity contribution in [3.63, 3.8) is 0 Å². The van der Waals surface area contributed by atoms with E-state index in [0.29, 0.717) is 0 Å². The summed E-state index contributed by atoms with van der Waals surface area (Å²) < 4.78 is 0. The van der Waals surface area contributed by atoms with Gasteiger partial charge >= 0.3 is 0 Å². The molecule has 0 spiro atoms. The molecule has 2 nitrogen and oxygen atoms in total. The minimum atomic E-state index is 0.236. The summed E-state index contributed by atoms with van der Waals surface area (Å²) in [6.07, 6.45) is 2.39. The third-order valence-corrected chi connectivity index (χ3v) is 4.06. The summed E-state index contributed by atoms with van der Waals surface area (Å²) >= 11 is 2.04. The molecule has 0 aromatic carbocycles. The van der Waals surface area contributed by atoms with Gasteiger partial charge in [0, 0.05) is 20.0 Å². The Kier molecular flexibility index (Phi) is 4.79. The number of thioether (sulfide) groups is 1. The second kappa shape index (κ2) is 5.64. The zero-order valence-electron chi connectivity index (χ0n) is 9.45. The maximum absolute atomic E-state index is 11.1. The van der Waals surface area contributed by atoms with Crippen LogP contribution in [0.5, 0.6) is 0 Å². The summed E-state index contributed by atoms with van der Waals surface area (Å²) in [6.45, 7) is 8.10. The summed E-state index contributed by atoms with van der Waals surface area (Å²) in [5.41, 5.74) is 0. The molecule has 0 aromatic rings. The molecule has 0 saturated carbocycles. The molecule has 0 aliphatic carbocycles. The number of carbonyl (C=O) groups excluding carboxylic acids is 1. The molecular formula is C11H21NOS. The summed E-state index contributed by atoms with van der Waals surface area (Å²) in [7, 11) is 0. The Bertz CT molecular complexity index is 186.